The highest BCUT2D eigenvalue weighted by molar-refractivity contribution is 5.88. The summed E-state index contributed by atoms with van der Waals surface area (Å²) in [7, 11) is 0. The minimum absolute atomic E-state index is 0.184. The maximum absolute atomic E-state index is 13.0. The largest absolute Gasteiger partial charge is 0.508 e. The highest BCUT2D eigenvalue weighted by Gasteiger charge is 2.30. The number of benzene rings is 4. The van der Waals surface area contributed by atoms with E-state index in [-0.39, 0.29) is 5.75 Å². The molecule has 5 heteroatoms. The summed E-state index contributed by atoms with van der Waals surface area (Å²) in [5, 5.41) is 19.8. The second kappa shape index (κ2) is 11.3. The molecule has 0 fully saturated rings. The zero-order valence-electron chi connectivity index (χ0n) is 21.1. The first kappa shape index (κ1) is 25.3. The van der Waals surface area contributed by atoms with Crippen LogP contribution < -0.4 is 10.6 Å². The van der Waals surface area contributed by atoms with Gasteiger partial charge in [-0.15, -0.1) is 0 Å². The van der Waals surface area contributed by atoms with Crippen molar-refractivity contribution < 1.29 is 14.6 Å². The van der Waals surface area contributed by atoms with Crippen molar-refractivity contribution in [3.05, 3.63) is 114 Å². The van der Waals surface area contributed by atoms with Crippen molar-refractivity contribution >= 4 is 16.9 Å². The molecular weight excluding hydrogens is 448 g/mol. The monoisotopic (exact) mass is 482 g/mol. The number of carbonyl (C=O) groups excluding carboxylic acids is 1. The van der Waals surface area contributed by atoms with Crippen LogP contribution in [0.3, 0.4) is 0 Å². The number of carbonyl (C=O) groups is 1. The van der Waals surface area contributed by atoms with Crippen molar-refractivity contribution in [3.8, 4) is 5.75 Å². The van der Waals surface area contributed by atoms with Crippen molar-refractivity contribution in [1.29, 1.82) is 0 Å². The number of ether oxygens (including phenoxy) is 1. The molecule has 3 N–H and O–H groups in total. The van der Waals surface area contributed by atoms with Gasteiger partial charge in [0.15, 0.2) is 0 Å². The van der Waals surface area contributed by atoms with E-state index < -0.39 is 23.8 Å². The highest BCUT2D eigenvalue weighted by Crippen LogP contribution is 2.35. The number of phenols is 1. The summed E-state index contributed by atoms with van der Waals surface area (Å²) in [6, 6.07) is 31.0. The Labute approximate surface area is 213 Å². The standard InChI is InChI=1S/C31H34N2O3/c1-31(2,3)36-30(35)33-26(20-22-12-6-4-7-13-22)29(32-21-23-14-8-5-9-15-23)28-25-17-11-10-16-24(25)18-19-27(28)34/h4-19,26,29,32,34H,20-21H2,1-3H3,(H,33,35)/t26-,29+/m0/s1. The number of nitrogens with one attached hydrogen (secondary N) is 2. The third kappa shape index (κ3) is 6.64. The predicted octanol–water partition coefficient (Wildman–Crippen LogP) is 6.51. The van der Waals surface area contributed by atoms with Gasteiger partial charge in [-0.1, -0.05) is 91.0 Å². The minimum atomic E-state index is -0.629. The van der Waals surface area contributed by atoms with E-state index in [1.165, 1.54) is 0 Å². The Bertz CT molecular complexity index is 1280. The van der Waals surface area contributed by atoms with Crippen molar-refractivity contribution in [2.75, 3.05) is 0 Å². The Hall–Kier alpha value is -3.83. The number of hydrogen-bond donors (Lipinski definition) is 3. The zero-order valence-corrected chi connectivity index (χ0v) is 21.1. The molecule has 4 aromatic carbocycles. The van der Waals surface area contributed by atoms with E-state index in [0.29, 0.717) is 13.0 Å². The molecule has 0 aromatic heterocycles. The van der Waals surface area contributed by atoms with E-state index in [2.05, 4.69) is 22.8 Å². The Kier molecular flexibility index (Phi) is 7.91. The Balaban J connectivity index is 1.78. The van der Waals surface area contributed by atoms with Gasteiger partial charge in [0.05, 0.1) is 12.1 Å². The third-order valence-corrected chi connectivity index (χ3v) is 6.03. The van der Waals surface area contributed by atoms with E-state index in [4.69, 9.17) is 4.74 Å². The summed E-state index contributed by atoms with van der Waals surface area (Å²) in [4.78, 5) is 13.0. The molecule has 0 spiro atoms. The molecule has 0 unspecified atom stereocenters. The molecule has 0 heterocycles. The lowest BCUT2D eigenvalue weighted by Gasteiger charge is -2.32. The van der Waals surface area contributed by atoms with Gasteiger partial charge in [0, 0.05) is 12.1 Å². The molecule has 4 rings (SSSR count). The maximum Gasteiger partial charge on any atom is 0.407 e. The SMILES string of the molecule is CC(C)(C)OC(=O)N[C@@H](Cc1ccccc1)[C@@H](NCc1ccccc1)c1c(O)ccc2ccccc12. The van der Waals surface area contributed by atoms with Crippen LogP contribution in [0, 0.1) is 0 Å². The molecule has 0 saturated carbocycles. The summed E-state index contributed by atoms with van der Waals surface area (Å²) in [5.41, 5.74) is 2.31. The predicted molar refractivity (Wildman–Crippen MR) is 145 cm³/mol. The average Bonchev–Trinajstić information content (AvgIpc) is 2.85. The Morgan fingerprint density at radius 2 is 1.44 bits per heavy atom. The van der Waals surface area contributed by atoms with Crippen molar-refractivity contribution in [2.45, 2.75) is 51.4 Å². The van der Waals surface area contributed by atoms with Crippen molar-refractivity contribution in [1.82, 2.24) is 10.6 Å². The lowest BCUT2D eigenvalue weighted by molar-refractivity contribution is 0.0491. The Morgan fingerprint density at radius 3 is 2.11 bits per heavy atom. The van der Waals surface area contributed by atoms with Crippen LogP contribution in [0.25, 0.3) is 10.8 Å². The quantitative estimate of drug-likeness (QED) is 0.268. The fraction of sp³-hybridized carbons (Fsp3) is 0.258. The van der Waals surface area contributed by atoms with Gasteiger partial charge >= 0.3 is 6.09 Å². The molecule has 4 aromatic rings. The highest BCUT2D eigenvalue weighted by atomic mass is 16.6. The van der Waals surface area contributed by atoms with Crippen LogP contribution in [0.1, 0.15) is 43.5 Å². The molecule has 0 aliphatic heterocycles. The molecule has 5 nitrogen and oxygen atoms in total. The molecule has 0 saturated heterocycles. The fourth-order valence-electron chi connectivity index (χ4n) is 4.46. The second-order valence-corrected chi connectivity index (χ2v) is 10.0. The molecule has 0 radical (unpaired) electrons. The first-order valence-electron chi connectivity index (χ1n) is 12.3. The van der Waals surface area contributed by atoms with Gasteiger partial charge in [0.2, 0.25) is 0 Å². The van der Waals surface area contributed by atoms with Crippen molar-refractivity contribution in [3.63, 3.8) is 0 Å². The molecule has 0 aliphatic rings. The lowest BCUT2D eigenvalue weighted by atomic mass is 9.89. The molecule has 1 amide bonds. The van der Waals surface area contributed by atoms with Gasteiger partial charge in [0.1, 0.15) is 11.4 Å². The van der Waals surface area contributed by atoms with E-state index >= 15 is 0 Å². The molecule has 2 atom stereocenters. The smallest absolute Gasteiger partial charge is 0.407 e. The van der Waals surface area contributed by atoms with Crippen LogP contribution in [0.5, 0.6) is 5.75 Å². The number of hydrogen-bond acceptors (Lipinski definition) is 4. The molecular formula is C31H34N2O3. The van der Waals surface area contributed by atoms with Crippen LogP contribution in [0.2, 0.25) is 0 Å². The third-order valence-electron chi connectivity index (χ3n) is 6.03. The summed E-state index contributed by atoms with van der Waals surface area (Å²) >= 11 is 0. The van der Waals surface area contributed by atoms with Crippen LogP contribution in [-0.4, -0.2) is 22.8 Å². The summed E-state index contributed by atoms with van der Waals surface area (Å²) in [6.45, 7) is 6.11. The number of rotatable bonds is 8. The summed E-state index contributed by atoms with van der Waals surface area (Å²) in [5.74, 6) is 0.184. The van der Waals surface area contributed by atoms with E-state index in [1.807, 2.05) is 99.6 Å². The van der Waals surface area contributed by atoms with Crippen LogP contribution >= 0.6 is 0 Å². The summed E-state index contributed by atoms with van der Waals surface area (Å²) < 4.78 is 5.63. The topological polar surface area (TPSA) is 70.6 Å². The normalized spacial score (nSPS) is 13.2. The first-order valence-corrected chi connectivity index (χ1v) is 12.3. The van der Waals surface area contributed by atoms with E-state index in [1.54, 1.807) is 6.07 Å². The zero-order chi connectivity index (χ0) is 25.5. The second-order valence-electron chi connectivity index (χ2n) is 10.0. The van der Waals surface area contributed by atoms with Gasteiger partial charge in [-0.3, -0.25) is 0 Å². The van der Waals surface area contributed by atoms with E-state index in [9.17, 15) is 9.90 Å². The lowest BCUT2D eigenvalue weighted by Crippen LogP contribution is -2.47. The van der Waals surface area contributed by atoms with Crippen LogP contribution in [0.4, 0.5) is 4.79 Å². The fourth-order valence-corrected chi connectivity index (χ4v) is 4.46. The molecule has 186 valence electrons. The van der Waals surface area contributed by atoms with Gasteiger partial charge in [-0.2, -0.15) is 0 Å². The number of alkyl carbamates (subject to hydrolysis) is 1. The number of aromatic hydroxyl groups is 1. The number of phenolic OH excluding ortho intramolecular Hbond substituents is 1. The number of fused-ring (bicyclic) bond motifs is 1. The number of amides is 1. The van der Waals surface area contributed by atoms with Gasteiger partial charge < -0.3 is 20.5 Å². The van der Waals surface area contributed by atoms with Crippen LogP contribution in [-0.2, 0) is 17.7 Å². The van der Waals surface area contributed by atoms with E-state index in [0.717, 1.165) is 27.5 Å². The first-order chi connectivity index (χ1) is 17.3. The maximum atomic E-state index is 13.0. The summed E-state index contributed by atoms with van der Waals surface area (Å²) in [6.07, 6.45) is 0.0597. The molecule has 0 bridgehead atoms. The minimum Gasteiger partial charge on any atom is -0.508 e. The van der Waals surface area contributed by atoms with Crippen molar-refractivity contribution in [2.24, 2.45) is 0 Å². The van der Waals surface area contributed by atoms with Gasteiger partial charge in [-0.05, 0) is 55.2 Å². The average molecular weight is 483 g/mol. The molecule has 0 aliphatic carbocycles. The van der Waals surface area contributed by atoms with Gasteiger partial charge in [0.25, 0.3) is 0 Å². The van der Waals surface area contributed by atoms with Crippen LogP contribution in [0.15, 0.2) is 97.1 Å². The Morgan fingerprint density at radius 1 is 0.833 bits per heavy atom. The van der Waals surface area contributed by atoms with Gasteiger partial charge in [-0.25, -0.2) is 4.79 Å². The molecule has 36 heavy (non-hydrogen) atoms.